The largest absolute Gasteiger partial charge is 0.383 e. The van der Waals surface area contributed by atoms with E-state index in [1.807, 2.05) is 12.1 Å². The number of pyridine rings is 1. The van der Waals surface area contributed by atoms with Crippen molar-refractivity contribution in [2.45, 2.75) is 17.7 Å². The van der Waals surface area contributed by atoms with Gasteiger partial charge >= 0.3 is 0 Å². The van der Waals surface area contributed by atoms with Gasteiger partial charge in [-0.25, -0.2) is 13.4 Å². The first kappa shape index (κ1) is 14.0. The number of anilines is 1. The van der Waals surface area contributed by atoms with Crippen LogP contribution in [0.2, 0.25) is 0 Å². The molecule has 110 valence electrons. The second-order valence-corrected chi connectivity index (χ2v) is 6.97. The van der Waals surface area contributed by atoms with E-state index in [1.165, 1.54) is 27.7 Å². The van der Waals surface area contributed by atoms with Crippen LogP contribution in [-0.2, 0) is 22.9 Å². The van der Waals surface area contributed by atoms with E-state index >= 15 is 0 Å². The average molecular weight is 303 g/mol. The molecule has 2 heterocycles. The van der Waals surface area contributed by atoms with Gasteiger partial charge in [0.2, 0.25) is 10.0 Å². The first-order chi connectivity index (χ1) is 10.1. The molecule has 21 heavy (non-hydrogen) atoms. The summed E-state index contributed by atoms with van der Waals surface area (Å²) in [6.07, 6.45) is 2.93. The van der Waals surface area contributed by atoms with Crippen molar-refractivity contribution < 1.29 is 8.42 Å². The van der Waals surface area contributed by atoms with Crippen LogP contribution < -0.4 is 5.73 Å². The molecule has 1 aliphatic heterocycles. The number of rotatable bonds is 2. The highest BCUT2D eigenvalue weighted by molar-refractivity contribution is 7.89. The Morgan fingerprint density at radius 2 is 1.62 bits per heavy atom. The molecule has 0 fully saturated rings. The molecule has 0 amide bonds. The monoisotopic (exact) mass is 303 g/mol. The van der Waals surface area contributed by atoms with Gasteiger partial charge in [-0.1, -0.05) is 24.3 Å². The van der Waals surface area contributed by atoms with E-state index in [0.29, 0.717) is 13.1 Å². The molecule has 1 aromatic carbocycles. The lowest BCUT2D eigenvalue weighted by molar-refractivity contribution is 0.427. The first-order valence-corrected chi connectivity index (χ1v) is 8.30. The van der Waals surface area contributed by atoms with Crippen molar-refractivity contribution >= 4 is 15.8 Å². The highest BCUT2D eigenvalue weighted by Gasteiger charge is 2.28. The average Bonchev–Trinajstić information content (AvgIpc) is 2.70. The highest BCUT2D eigenvalue weighted by atomic mass is 32.2. The zero-order valence-corrected chi connectivity index (χ0v) is 12.4. The first-order valence-electron chi connectivity index (χ1n) is 6.86. The lowest BCUT2D eigenvalue weighted by Crippen LogP contribution is -2.33. The van der Waals surface area contributed by atoms with E-state index in [0.717, 1.165) is 12.8 Å². The van der Waals surface area contributed by atoms with Crippen LogP contribution in [0.15, 0.2) is 47.5 Å². The standard InChI is InChI=1S/C15H17N3O2S/c16-15-14(6-3-9-17-15)21(19,20)18-10-7-12-4-1-2-5-13(12)8-11-18/h1-6,9H,7-8,10-11H2,(H2,16,17). The van der Waals surface area contributed by atoms with E-state index in [2.05, 4.69) is 17.1 Å². The highest BCUT2D eigenvalue weighted by Crippen LogP contribution is 2.23. The summed E-state index contributed by atoms with van der Waals surface area (Å²) in [6, 6.07) is 11.2. The summed E-state index contributed by atoms with van der Waals surface area (Å²) in [5.41, 5.74) is 8.15. The maximum absolute atomic E-state index is 12.7. The summed E-state index contributed by atoms with van der Waals surface area (Å²) in [5.74, 6) is 0.0549. The normalized spacial score (nSPS) is 16.2. The Labute approximate surface area is 124 Å². The zero-order valence-electron chi connectivity index (χ0n) is 11.6. The Morgan fingerprint density at radius 3 is 2.19 bits per heavy atom. The molecule has 0 spiro atoms. The fourth-order valence-electron chi connectivity index (χ4n) is 2.65. The van der Waals surface area contributed by atoms with Crippen molar-refractivity contribution in [2.75, 3.05) is 18.8 Å². The molecule has 0 bridgehead atoms. The number of nitrogens with zero attached hydrogens (tertiary/aromatic N) is 2. The Morgan fingerprint density at radius 1 is 1.00 bits per heavy atom. The lowest BCUT2D eigenvalue weighted by Gasteiger charge is -2.20. The third-order valence-electron chi connectivity index (χ3n) is 3.80. The number of benzene rings is 1. The molecule has 6 heteroatoms. The molecular weight excluding hydrogens is 286 g/mol. The molecule has 0 saturated heterocycles. The summed E-state index contributed by atoms with van der Waals surface area (Å²) >= 11 is 0. The molecule has 1 aromatic heterocycles. The van der Waals surface area contributed by atoms with Gasteiger partial charge < -0.3 is 5.73 Å². The number of sulfonamides is 1. The van der Waals surface area contributed by atoms with Crippen LogP contribution in [0.1, 0.15) is 11.1 Å². The summed E-state index contributed by atoms with van der Waals surface area (Å²) in [5, 5.41) is 0. The second kappa shape index (κ2) is 5.46. The van der Waals surface area contributed by atoms with E-state index in [9.17, 15) is 8.42 Å². The molecule has 0 aliphatic carbocycles. The molecule has 5 nitrogen and oxygen atoms in total. The van der Waals surface area contributed by atoms with Crippen LogP contribution in [0.4, 0.5) is 5.82 Å². The molecule has 0 unspecified atom stereocenters. The van der Waals surface area contributed by atoms with Gasteiger partial charge in [0, 0.05) is 19.3 Å². The van der Waals surface area contributed by atoms with Crippen molar-refractivity contribution in [3.63, 3.8) is 0 Å². The number of nitrogens with two attached hydrogens (primary N) is 1. The molecule has 0 saturated carbocycles. The second-order valence-electron chi connectivity index (χ2n) is 5.06. The minimum absolute atomic E-state index is 0.0549. The minimum Gasteiger partial charge on any atom is -0.383 e. The van der Waals surface area contributed by atoms with Crippen LogP contribution in [0, 0.1) is 0 Å². The summed E-state index contributed by atoms with van der Waals surface area (Å²) in [4.78, 5) is 3.97. The number of aromatic nitrogens is 1. The predicted octanol–water partition coefficient (Wildman–Crippen LogP) is 1.45. The molecule has 1 aliphatic rings. The fourth-order valence-corrected chi connectivity index (χ4v) is 4.16. The van der Waals surface area contributed by atoms with Gasteiger partial charge in [0.05, 0.1) is 0 Å². The third-order valence-corrected chi connectivity index (χ3v) is 5.74. The number of nitrogen functional groups attached to an aromatic ring is 1. The molecule has 3 rings (SSSR count). The van der Waals surface area contributed by atoms with Crippen molar-refractivity contribution in [1.82, 2.24) is 9.29 Å². The van der Waals surface area contributed by atoms with E-state index < -0.39 is 10.0 Å². The van der Waals surface area contributed by atoms with Crippen molar-refractivity contribution in [3.8, 4) is 0 Å². The number of fused-ring (bicyclic) bond motifs is 1. The maximum atomic E-state index is 12.7. The van der Waals surface area contributed by atoms with Crippen LogP contribution in [0.3, 0.4) is 0 Å². The van der Waals surface area contributed by atoms with Crippen LogP contribution in [-0.4, -0.2) is 30.8 Å². The zero-order chi connectivity index (χ0) is 14.9. The van der Waals surface area contributed by atoms with Crippen LogP contribution in [0.5, 0.6) is 0 Å². The molecule has 2 aromatic rings. The summed E-state index contributed by atoms with van der Waals surface area (Å²) < 4.78 is 26.9. The van der Waals surface area contributed by atoms with Gasteiger partial charge in [0.25, 0.3) is 0 Å². The smallest absolute Gasteiger partial charge is 0.246 e. The maximum Gasteiger partial charge on any atom is 0.246 e. The topological polar surface area (TPSA) is 76.3 Å². The van der Waals surface area contributed by atoms with Crippen molar-refractivity contribution in [1.29, 1.82) is 0 Å². The van der Waals surface area contributed by atoms with Gasteiger partial charge in [0.1, 0.15) is 10.7 Å². The quantitative estimate of drug-likeness (QED) is 0.911. The van der Waals surface area contributed by atoms with Gasteiger partial charge in [-0.2, -0.15) is 4.31 Å². The van der Waals surface area contributed by atoms with Crippen molar-refractivity contribution in [3.05, 3.63) is 53.7 Å². The predicted molar refractivity (Wildman–Crippen MR) is 81.3 cm³/mol. The Bertz CT molecular complexity index is 732. The Kier molecular flexibility index (Phi) is 3.65. The third kappa shape index (κ3) is 2.64. The molecule has 0 atom stereocenters. The SMILES string of the molecule is Nc1ncccc1S(=O)(=O)N1CCc2ccccc2CC1. The minimum atomic E-state index is -3.59. The summed E-state index contributed by atoms with van der Waals surface area (Å²) in [7, 11) is -3.59. The summed E-state index contributed by atoms with van der Waals surface area (Å²) in [6.45, 7) is 0.932. The lowest BCUT2D eigenvalue weighted by atomic mass is 10.0. The molecule has 2 N–H and O–H groups in total. The van der Waals surface area contributed by atoms with Gasteiger partial charge in [0.15, 0.2) is 0 Å². The van der Waals surface area contributed by atoms with Gasteiger partial charge in [-0.3, -0.25) is 0 Å². The molecular formula is C15H17N3O2S. The van der Waals surface area contributed by atoms with E-state index in [4.69, 9.17) is 5.73 Å². The van der Waals surface area contributed by atoms with E-state index in [1.54, 1.807) is 6.07 Å². The van der Waals surface area contributed by atoms with Gasteiger partial charge in [-0.15, -0.1) is 0 Å². The van der Waals surface area contributed by atoms with Crippen LogP contribution in [0.25, 0.3) is 0 Å². The fraction of sp³-hybridized carbons (Fsp3) is 0.267. The van der Waals surface area contributed by atoms with E-state index in [-0.39, 0.29) is 10.7 Å². The Balaban J connectivity index is 1.91. The number of hydrogen-bond acceptors (Lipinski definition) is 4. The molecule has 0 radical (unpaired) electrons. The van der Waals surface area contributed by atoms with Crippen LogP contribution >= 0.6 is 0 Å². The van der Waals surface area contributed by atoms with Crippen molar-refractivity contribution in [2.24, 2.45) is 0 Å². The number of hydrogen-bond donors (Lipinski definition) is 1. The van der Waals surface area contributed by atoms with Gasteiger partial charge in [-0.05, 0) is 36.1 Å². The Hall–Kier alpha value is -1.92.